The fourth-order valence-electron chi connectivity index (χ4n) is 0.837. The summed E-state index contributed by atoms with van der Waals surface area (Å²) in [6, 6.07) is 0.310. The molecule has 0 aromatic rings. The van der Waals surface area contributed by atoms with Gasteiger partial charge >= 0.3 is 0 Å². The van der Waals surface area contributed by atoms with Gasteiger partial charge < -0.3 is 5.73 Å². The monoisotopic (exact) mass is 182 g/mol. The van der Waals surface area contributed by atoms with E-state index in [0.717, 1.165) is 5.75 Å². The first-order valence-corrected chi connectivity index (χ1v) is 5.29. The molecule has 67 valence electrons. The molecule has 1 rings (SSSR count). The highest BCUT2D eigenvalue weighted by Crippen LogP contribution is 2.34. The number of nitrogens with two attached hydrogens (primary N) is 1. The number of thioether (sulfide) groups is 1. The van der Waals surface area contributed by atoms with Gasteiger partial charge in [-0.1, -0.05) is 13.8 Å². The lowest BCUT2D eigenvalue weighted by Crippen LogP contribution is -2.29. The van der Waals surface area contributed by atoms with E-state index >= 15 is 0 Å². The van der Waals surface area contributed by atoms with Crippen LogP contribution in [-0.4, -0.2) is 11.8 Å². The van der Waals surface area contributed by atoms with Gasteiger partial charge in [0.05, 0.1) is 0 Å². The molecule has 2 N–H and O–H groups in total. The molecule has 0 bridgehead atoms. The summed E-state index contributed by atoms with van der Waals surface area (Å²) in [5.41, 5.74) is 5.91. The first kappa shape index (κ1) is 10.4. The maximum Gasteiger partial charge on any atom is 0.0381 e. The van der Waals surface area contributed by atoms with Crippen LogP contribution in [0.3, 0.4) is 0 Å². The highest BCUT2D eigenvalue weighted by Gasteiger charge is 2.19. The average molecular weight is 182 g/mol. The smallest absolute Gasteiger partial charge is 0.0381 e. The van der Waals surface area contributed by atoms with Crippen molar-refractivity contribution in [2.45, 2.75) is 19.9 Å². The van der Waals surface area contributed by atoms with E-state index in [1.165, 1.54) is 5.25 Å². The molecule has 1 atom stereocenters. The van der Waals surface area contributed by atoms with Crippen molar-refractivity contribution in [3.63, 3.8) is 0 Å². The Bertz CT molecular complexity index is 117. The van der Waals surface area contributed by atoms with E-state index < -0.39 is 0 Å². The van der Waals surface area contributed by atoms with Crippen LogP contribution in [0.2, 0.25) is 0 Å². The minimum absolute atomic E-state index is 0.310. The zero-order chi connectivity index (χ0) is 8.97. The van der Waals surface area contributed by atoms with Crippen LogP contribution in [0.15, 0.2) is 0 Å². The van der Waals surface area contributed by atoms with Crippen LogP contribution in [0, 0.1) is 36.9 Å². The Morgan fingerprint density at radius 2 is 1.92 bits per heavy atom. The van der Waals surface area contributed by atoms with Crippen molar-refractivity contribution in [1.82, 2.24) is 0 Å². The molecule has 0 aromatic carbocycles. The fraction of sp³-hybridized carbons (Fsp3) is 0.500. The maximum atomic E-state index is 5.91. The van der Waals surface area contributed by atoms with Crippen molar-refractivity contribution in [1.29, 1.82) is 0 Å². The molecule has 0 unspecified atom stereocenters. The average Bonchev–Trinajstić information content (AvgIpc) is 2.51. The molecule has 12 heavy (non-hydrogen) atoms. The van der Waals surface area contributed by atoms with Crippen molar-refractivity contribution >= 4 is 11.8 Å². The zero-order valence-electron chi connectivity index (χ0n) is 7.66. The van der Waals surface area contributed by atoms with Crippen LogP contribution < -0.4 is 5.73 Å². The van der Waals surface area contributed by atoms with Gasteiger partial charge in [0.15, 0.2) is 0 Å². The van der Waals surface area contributed by atoms with Crippen LogP contribution in [0.1, 0.15) is 13.8 Å². The molecule has 0 spiro atoms. The predicted molar refractivity (Wildman–Crippen MR) is 55.7 cm³/mol. The Kier molecular flexibility index (Phi) is 4.44. The molecule has 5 radical (unpaired) electrons. The summed E-state index contributed by atoms with van der Waals surface area (Å²) in [6.07, 6.45) is 8.36. The number of rotatable bonds is 4. The first-order chi connectivity index (χ1) is 5.70. The lowest BCUT2D eigenvalue weighted by Gasteiger charge is -2.16. The predicted octanol–water partition coefficient (Wildman–Crippen LogP) is 2.07. The quantitative estimate of drug-likeness (QED) is 0.720. The van der Waals surface area contributed by atoms with Gasteiger partial charge in [-0.25, -0.2) is 0 Å². The molecule has 0 saturated heterocycles. The Hall–Kier alpha value is 0.310. The van der Waals surface area contributed by atoms with Gasteiger partial charge in [0.1, 0.15) is 0 Å². The third-order valence-electron chi connectivity index (χ3n) is 1.93. The van der Waals surface area contributed by atoms with Crippen LogP contribution in [0.25, 0.3) is 0 Å². The van der Waals surface area contributed by atoms with Crippen molar-refractivity contribution in [2.24, 2.45) is 11.7 Å². The van der Waals surface area contributed by atoms with Crippen molar-refractivity contribution < 1.29 is 0 Å². The Labute approximate surface area is 80.5 Å². The standard InChI is InChI=1S/C10H16NS/c1-8(2)10(11)7-12-9-5-3-4-6-9/h3-6,8,10H,7,11H2,1-2H3/t10-/m1/s1. The molecule has 1 fully saturated rings. The van der Waals surface area contributed by atoms with E-state index in [9.17, 15) is 0 Å². The number of hydrogen-bond acceptors (Lipinski definition) is 2. The second kappa shape index (κ2) is 5.13. The third kappa shape index (κ3) is 3.36. The zero-order valence-corrected chi connectivity index (χ0v) is 8.47. The highest BCUT2D eigenvalue weighted by atomic mass is 32.2. The van der Waals surface area contributed by atoms with Gasteiger partial charge in [-0.3, -0.25) is 0 Å². The Morgan fingerprint density at radius 3 is 2.42 bits per heavy atom. The molecule has 1 saturated carbocycles. The van der Waals surface area contributed by atoms with Crippen LogP contribution in [-0.2, 0) is 0 Å². The summed E-state index contributed by atoms with van der Waals surface area (Å²) in [6.45, 7) is 4.33. The SMILES string of the molecule is CC(C)[C@H](N)CS[C]1[CH][CH][CH][CH]1. The lowest BCUT2D eigenvalue weighted by atomic mass is 10.1. The molecule has 0 amide bonds. The molecule has 1 aliphatic rings. The second-order valence-corrected chi connectivity index (χ2v) is 4.43. The molecule has 2 heteroatoms. The van der Waals surface area contributed by atoms with Gasteiger partial charge in [-0.15, -0.1) is 0 Å². The van der Waals surface area contributed by atoms with Gasteiger partial charge in [-0.05, 0) is 31.6 Å². The summed E-state index contributed by atoms with van der Waals surface area (Å²) in [7, 11) is 0. The Morgan fingerprint density at radius 1 is 1.33 bits per heavy atom. The topological polar surface area (TPSA) is 26.0 Å². The minimum Gasteiger partial charge on any atom is -0.327 e. The summed E-state index contributed by atoms with van der Waals surface area (Å²) in [4.78, 5) is 0. The van der Waals surface area contributed by atoms with E-state index in [2.05, 4.69) is 39.5 Å². The summed E-state index contributed by atoms with van der Waals surface area (Å²) >= 11 is 1.84. The summed E-state index contributed by atoms with van der Waals surface area (Å²) in [5, 5.41) is 1.33. The summed E-state index contributed by atoms with van der Waals surface area (Å²) < 4.78 is 0. The fourth-order valence-corrected chi connectivity index (χ4v) is 1.96. The van der Waals surface area contributed by atoms with Gasteiger partial charge in [-0.2, -0.15) is 11.8 Å². The molecule has 0 aliphatic heterocycles. The van der Waals surface area contributed by atoms with E-state index in [1.807, 2.05) is 11.8 Å². The van der Waals surface area contributed by atoms with Gasteiger partial charge in [0.2, 0.25) is 0 Å². The van der Waals surface area contributed by atoms with E-state index in [0.29, 0.717) is 12.0 Å². The molecular weight excluding hydrogens is 166 g/mol. The van der Waals surface area contributed by atoms with E-state index in [4.69, 9.17) is 5.73 Å². The van der Waals surface area contributed by atoms with Gasteiger partial charge in [0.25, 0.3) is 0 Å². The van der Waals surface area contributed by atoms with Crippen molar-refractivity contribution in [3.8, 4) is 0 Å². The maximum absolute atomic E-state index is 5.91. The molecule has 0 heterocycles. The van der Waals surface area contributed by atoms with Crippen molar-refractivity contribution in [2.75, 3.05) is 5.75 Å². The van der Waals surface area contributed by atoms with Crippen LogP contribution in [0.4, 0.5) is 0 Å². The van der Waals surface area contributed by atoms with Crippen molar-refractivity contribution in [3.05, 3.63) is 30.9 Å². The second-order valence-electron chi connectivity index (χ2n) is 3.34. The third-order valence-corrected chi connectivity index (χ3v) is 3.09. The van der Waals surface area contributed by atoms with Crippen LogP contribution >= 0.6 is 11.8 Å². The first-order valence-electron chi connectivity index (χ1n) is 4.30. The minimum atomic E-state index is 0.310. The lowest BCUT2D eigenvalue weighted by molar-refractivity contribution is 0.536. The summed E-state index contributed by atoms with van der Waals surface area (Å²) in [5.74, 6) is 1.59. The molecule has 1 aliphatic carbocycles. The highest BCUT2D eigenvalue weighted by molar-refractivity contribution is 8.02. The number of hydrogen-bond donors (Lipinski definition) is 1. The molecule has 1 nitrogen and oxygen atoms in total. The molecular formula is C10H16NS. The molecule has 0 aromatic heterocycles. The van der Waals surface area contributed by atoms with E-state index in [-0.39, 0.29) is 0 Å². The normalized spacial score (nSPS) is 22.0. The van der Waals surface area contributed by atoms with Gasteiger partial charge in [0, 0.05) is 17.0 Å². The van der Waals surface area contributed by atoms with E-state index in [1.54, 1.807) is 0 Å². The largest absolute Gasteiger partial charge is 0.327 e. The van der Waals surface area contributed by atoms with Crippen LogP contribution in [0.5, 0.6) is 0 Å². The Balaban J connectivity index is 2.07.